The average molecular weight is 320 g/mol. The molecule has 126 valence electrons. The van der Waals surface area contributed by atoms with Crippen molar-refractivity contribution in [1.29, 1.82) is 0 Å². The lowest BCUT2D eigenvalue weighted by atomic mass is 10.1. The van der Waals surface area contributed by atoms with Crippen molar-refractivity contribution in [3.8, 4) is 11.5 Å². The Kier molecular flexibility index (Phi) is 5.03. The second-order valence-corrected chi connectivity index (χ2v) is 6.23. The number of likely N-dealkylation sites (N-methyl/N-ethyl adjacent to an activating group) is 1. The number of hydrogen-bond donors (Lipinski definition) is 0. The quantitative estimate of drug-likeness (QED) is 0.797. The molecule has 0 radical (unpaired) electrons. The highest BCUT2D eigenvalue weighted by Crippen LogP contribution is 2.36. The van der Waals surface area contributed by atoms with Crippen LogP contribution >= 0.6 is 0 Å². The number of hydrogen-bond acceptors (Lipinski definition) is 5. The smallest absolute Gasteiger partial charge is 0.257 e. The zero-order valence-corrected chi connectivity index (χ0v) is 13.8. The zero-order valence-electron chi connectivity index (χ0n) is 13.8. The molecule has 0 aromatic heterocycles. The Labute approximate surface area is 136 Å². The summed E-state index contributed by atoms with van der Waals surface area (Å²) in [4.78, 5) is 17.0. The molecule has 1 fully saturated rings. The highest BCUT2D eigenvalue weighted by Gasteiger charge is 2.28. The molecular formula is C17H24N2O4. The third-order valence-corrected chi connectivity index (χ3v) is 4.18. The van der Waals surface area contributed by atoms with E-state index in [4.69, 9.17) is 14.2 Å². The molecule has 3 rings (SSSR count). The molecule has 1 amide bonds. The molecule has 6 heteroatoms. The first kappa shape index (κ1) is 16.1. The van der Waals surface area contributed by atoms with Gasteiger partial charge in [0.1, 0.15) is 0 Å². The standard InChI is InChI=1S/C17H24N2O4/c1-18(2)8-9-19(11-13-5-4-10-21-13)17(20)14-6-3-7-15-16(14)23-12-22-15/h3,6-7,13H,4-5,8-12H2,1-2H3/t13-/m1/s1. The van der Waals surface area contributed by atoms with Gasteiger partial charge in [-0.05, 0) is 39.1 Å². The van der Waals surface area contributed by atoms with Crippen LogP contribution in [0, 0.1) is 0 Å². The summed E-state index contributed by atoms with van der Waals surface area (Å²) in [5.74, 6) is 1.17. The van der Waals surface area contributed by atoms with Gasteiger partial charge in [0, 0.05) is 26.2 Å². The lowest BCUT2D eigenvalue weighted by Gasteiger charge is -2.27. The van der Waals surface area contributed by atoms with E-state index in [0.29, 0.717) is 30.2 Å². The lowest BCUT2D eigenvalue weighted by molar-refractivity contribution is 0.0509. The van der Waals surface area contributed by atoms with Crippen LogP contribution in [-0.2, 0) is 4.74 Å². The number of rotatable bonds is 6. The molecule has 1 aromatic carbocycles. The second kappa shape index (κ2) is 7.19. The lowest BCUT2D eigenvalue weighted by Crippen LogP contribution is -2.41. The Morgan fingerprint density at radius 2 is 2.13 bits per heavy atom. The molecule has 23 heavy (non-hydrogen) atoms. The molecular weight excluding hydrogens is 296 g/mol. The van der Waals surface area contributed by atoms with Crippen LogP contribution in [-0.4, -0.2) is 68.9 Å². The van der Waals surface area contributed by atoms with E-state index in [1.54, 1.807) is 6.07 Å². The predicted molar refractivity (Wildman–Crippen MR) is 86.0 cm³/mol. The fourth-order valence-corrected chi connectivity index (χ4v) is 2.90. The SMILES string of the molecule is CN(C)CCN(C[C@H]1CCCO1)C(=O)c1cccc2c1OCO2. The van der Waals surface area contributed by atoms with Crippen molar-refractivity contribution < 1.29 is 19.0 Å². The molecule has 0 aliphatic carbocycles. The molecule has 2 heterocycles. The van der Waals surface area contributed by atoms with Gasteiger partial charge in [-0.1, -0.05) is 6.07 Å². The normalized spacial score (nSPS) is 19.3. The van der Waals surface area contributed by atoms with E-state index in [1.807, 2.05) is 31.1 Å². The molecule has 0 unspecified atom stereocenters. The molecule has 1 saturated heterocycles. The van der Waals surface area contributed by atoms with Gasteiger partial charge in [0.2, 0.25) is 6.79 Å². The van der Waals surface area contributed by atoms with Crippen LogP contribution in [0.25, 0.3) is 0 Å². The van der Waals surface area contributed by atoms with E-state index < -0.39 is 0 Å². The Balaban J connectivity index is 1.77. The number of para-hydroxylation sites is 1. The van der Waals surface area contributed by atoms with E-state index in [2.05, 4.69) is 4.90 Å². The average Bonchev–Trinajstić information content (AvgIpc) is 3.21. The number of benzene rings is 1. The Hall–Kier alpha value is -1.79. The van der Waals surface area contributed by atoms with Crippen LogP contribution in [0.2, 0.25) is 0 Å². The third kappa shape index (κ3) is 3.76. The van der Waals surface area contributed by atoms with Crippen LogP contribution in [0.3, 0.4) is 0 Å². The molecule has 0 spiro atoms. The molecule has 2 aliphatic rings. The number of ether oxygens (including phenoxy) is 3. The highest BCUT2D eigenvalue weighted by molar-refractivity contribution is 5.98. The van der Waals surface area contributed by atoms with E-state index in [-0.39, 0.29) is 18.8 Å². The van der Waals surface area contributed by atoms with Gasteiger partial charge in [0.15, 0.2) is 11.5 Å². The topological polar surface area (TPSA) is 51.2 Å². The van der Waals surface area contributed by atoms with Gasteiger partial charge in [-0.3, -0.25) is 4.79 Å². The van der Waals surface area contributed by atoms with E-state index in [0.717, 1.165) is 26.0 Å². The summed E-state index contributed by atoms with van der Waals surface area (Å²) in [7, 11) is 4.01. The van der Waals surface area contributed by atoms with E-state index >= 15 is 0 Å². The summed E-state index contributed by atoms with van der Waals surface area (Å²) in [6, 6.07) is 5.45. The number of amides is 1. The van der Waals surface area contributed by atoms with Crippen molar-refractivity contribution in [3.05, 3.63) is 23.8 Å². The Morgan fingerprint density at radius 1 is 1.26 bits per heavy atom. The minimum Gasteiger partial charge on any atom is -0.454 e. The van der Waals surface area contributed by atoms with Gasteiger partial charge >= 0.3 is 0 Å². The Morgan fingerprint density at radius 3 is 2.87 bits per heavy atom. The molecule has 0 bridgehead atoms. The monoisotopic (exact) mass is 320 g/mol. The predicted octanol–water partition coefficient (Wildman–Crippen LogP) is 1.60. The van der Waals surface area contributed by atoms with Gasteiger partial charge in [-0.15, -0.1) is 0 Å². The summed E-state index contributed by atoms with van der Waals surface area (Å²) in [5.41, 5.74) is 0.566. The number of carbonyl (C=O) groups is 1. The molecule has 6 nitrogen and oxygen atoms in total. The summed E-state index contributed by atoms with van der Waals surface area (Å²) < 4.78 is 16.6. The minimum atomic E-state index is -0.0234. The maximum Gasteiger partial charge on any atom is 0.257 e. The summed E-state index contributed by atoms with van der Waals surface area (Å²) in [5, 5.41) is 0. The summed E-state index contributed by atoms with van der Waals surface area (Å²) >= 11 is 0. The first-order chi connectivity index (χ1) is 11.1. The van der Waals surface area contributed by atoms with Crippen LogP contribution < -0.4 is 9.47 Å². The Bertz CT molecular complexity index is 556. The van der Waals surface area contributed by atoms with Crippen LogP contribution in [0.15, 0.2) is 18.2 Å². The first-order valence-corrected chi connectivity index (χ1v) is 8.09. The molecule has 0 saturated carbocycles. The van der Waals surface area contributed by atoms with Gasteiger partial charge in [-0.2, -0.15) is 0 Å². The van der Waals surface area contributed by atoms with Crippen molar-refractivity contribution in [2.75, 3.05) is 47.1 Å². The maximum absolute atomic E-state index is 13.0. The number of carbonyl (C=O) groups excluding carboxylic acids is 1. The minimum absolute atomic E-state index is 0.0234. The molecule has 1 atom stereocenters. The largest absolute Gasteiger partial charge is 0.454 e. The van der Waals surface area contributed by atoms with Crippen LogP contribution in [0.1, 0.15) is 23.2 Å². The highest BCUT2D eigenvalue weighted by atomic mass is 16.7. The van der Waals surface area contributed by atoms with Crippen LogP contribution in [0.4, 0.5) is 0 Å². The van der Waals surface area contributed by atoms with Gasteiger partial charge < -0.3 is 24.0 Å². The fraction of sp³-hybridized carbons (Fsp3) is 0.588. The third-order valence-electron chi connectivity index (χ3n) is 4.18. The fourth-order valence-electron chi connectivity index (χ4n) is 2.90. The van der Waals surface area contributed by atoms with Crippen molar-refractivity contribution in [1.82, 2.24) is 9.80 Å². The number of fused-ring (bicyclic) bond motifs is 1. The molecule has 1 aromatic rings. The van der Waals surface area contributed by atoms with Crippen molar-refractivity contribution in [3.63, 3.8) is 0 Å². The zero-order chi connectivity index (χ0) is 16.2. The summed E-state index contributed by atoms with van der Waals surface area (Å²) in [6.45, 7) is 3.05. The van der Waals surface area contributed by atoms with Crippen molar-refractivity contribution >= 4 is 5.91 Å². The summed E-state index contributed by atoms with van der Waals surface area (Å²) in [6.07, 6.45) is 2.21. The van der Waals surface area contributed by atoms with E-state index in [1.165, 1.54) is 0 Å². The van der Waals surface area contributed by atoms with Crippen molar-refractivity contribution in [2.24, 2.45) is 0 Å². The van der Waals surface area contributed by atoms with Crippen LogP contribution in [0.5, 0.6) is 11.5 Å². The maximum atomic E-state index is 13.0. The van der Waals surface area contributed by atoms with Gasteiger partial charge in [0.25, 0.3) is 5.91 Å². The van der Waals surface area contributed by atoms with Gasteiger partial charge in [-0.25, -0.2) is 0 Å². The second-order valence-electron chi connectivity index (χ2n) is 6.23. The van der Waals surface area contributed by atoms with Crippen molar-refractivity contribution in [2.45, 2.75) is 18.9 Å². The number of nitrogens with zero attached hydrogens (tertiary/aromatic N) is 2. The molecule has 0 N–H and O–H groups in total. The molecule has 2 aliphatic heterocycles. The first-order valence-electron chi connectivity index (χ1n) is 8.09. The van der Waals surface area contributed by atoms with E-state index in [9.17, 15) is 4.79 Å². The van der Waals surface area contributed by atoms with Gasteiger partial charge in [0.05, 0.1) is 11.7 Å².